The molecule has 1 atom stereocenters. The molecule has 1 unspecified atom stereocenters. The Kier molecular flexibility index (Phi) is 5.72. The van der Waals surface area contributed by atoms with Crippen LogP contribution >= 0.6 is 0 Å². The third kappa shape index (κ3) is 4.22. The standard InChI is InChI=1S/C25H25FN2O/c1-18-12-13-21-16-22(26)14-15-23(21)28(18)24(29)17-27-25(19-8-4-2-5-9-19)20-10-6-3-7-11-20/h2-11,14-16,18,25,27H,12-13,17H2,1H3. The summed E-state index contributed by atoms with van der Waals surface area (Å²) < 4.78 is 13.6. The Bertz CT molecular complexity index is 935. The predicted molar refractivity (Wildman–Crippen MR) is 114 cm³/mol. The summed E-state index contributed by atoms with van der Waals surface area (Å²) >= 11 is 0. The van der Waals surface area contributed by atoms with Crippen LogP contribution < -0.4 is 10.2 Å². The second-order valence-corrected chi connectivity index (χ2v) is 7.56. The molecule has 0 aromatic heterocycles. The largest absolute Gasteiger partial charge is 0.308 e. The van der Waals surface area contributed by atoms with Crippen LogP contribution in [0.3, 0.4) is 0 Å². The number of carbonyl (C=O) groups excluding carboxylic acids is 1. The zero-order chi connectivity index (χ0) is 20.2. The fraction of sp³-hybridized carbons (Fsp3) is 0.240. The van der Waals surface area contributed by atoms with Gasteiger partial charge < -0.3 is 4.90 Å². The first-order valence-corrected chi connectivity index (χ1v) is 10.1. The second kappa shape index (κ2) is 8.58. The maximum absolute atomic E-state index is 13.6. The van der Waals surface area contributed by atoms with Crippen LogP contribution in [-0.2, 0) is 11.2 Å². The highest BCUT2D eigenvalue weighted by atomic mass is 19.1. The minimum Gasteiger partial charge on any atom is -0.308 e. The molecular formula is C25H25FN2O. The topological polar surface area (TPSA) is 32.3 Å². The van der Waals surface area contributed by atoms with Gasteiger partial charge in [0, 0.05) is 11.7 Å². The van der Waals surface area contributed by atoms with Crippen LogP contribution in [0.15, 0.2) is 78.9 Å². The zero-order valence-corrected chi connectivity index (χ0v) is 16.5. The molecule has 29 heavy (non-hydrogen) atoms. The number of amides is 1. The second-order valence-electron chi connectivity index (χ2n) is 7.56. The van der Waals surface area contributed by atoms with E-state index in [4.69, 9.17) is 0 Å². The van der Waals surface area contributed by atoms with Gasteiger partial charge >= 0.3 is 0 Å². The van der Waals surface area contributed by atoms with E-state index in [1.807, 2.05) is 41.3 Å². The number of rotatable bonds is 5. The summed E-state index contributed by atoms with van der Waals surface area (Å²) in [5.74, 6) is -0.251. The third-order valence-electron chi connectivity index (χ3n) is 5.57. The molecule has 0 aliphatic carbocycles. The Balaban J connectivity index is 1.56. The molecule has 1 heterocycles. The number of anilines is 1. The monoisotopic (exact) mass is 388 g/mol. The molecule has 1 amide bonds. The fourth-order valence-electron chi connectivity index (χ4n) is 4.09. The molecule has 0 spiro atoms. The predicted octanol–water partition coefficient (Wildman–Crippen LogP) is 4.87. The molecule has 1 N–H and O–H groups in total. The summed E-state index contributed by atoms with van der Waals surface area (Å²) in [5.41, 5.74) is 3.95. The molecule has 3 nitrogen and oxygen atoms in total. The lowest BCUT2D eigenvalue weighted by Crippen LogP contribution is -2.46. The lowest BCUT2D eigenvalue weighted by atomic mass is 9.96. The lowest BCUT2D eigenvalue weighted by molar-refractivity contribution is -0.118. The number of hydrogen-bond donors (Lipinski definition) is 1. The van der Waals surface area contributed by atoms with Crippen molar-refractivity contribution in [2.75, 3.05) is 11.4 Å². The molecule has 1 aliphatic rings. The molecule has 4 rings (SSSR count). The van der Waals surface area contributed by atoms with E-state index in [0.29, 0.717) is 0 Å². The Hall–Kier alpha value is -2.98. The number of benzene rings is 3. The average molecular weight is 388 g/mol. The fourth-order valence-corrected chi connectivity index (χ4v) is 4.09. The smallest absolute Gasteiger partial charge is 0.241 e. The molecule has 0 bridgehead atoms. The highest BCUT2D eigenvalue weighted by Gasteiger charge is 2.28. The van der Waals surface area contributed by atoms with Crippen LogP contribution in [0.25, 0.3) is 0 Å². The molecule has 0 saturated heterocycles. The maximum atomic E-state index is 13.6. The summed E-state index contributed by atoms with van der Waals surface area (Å²) in [4.78, 5) is 15.0. The van der Waals surface area contributed by atoms with Crippen molar-refractivity contribution in [3.63, 3.8) is 0 Å². The summed E-state index contributed by atoms with van der Waals surface area (Å²) in [6, 6.07) is 25.0. The van der Waals surface area contributed by atoms with E-state index >= 15 is 0 Å². The molecule has 3 aromatic carbocycles. The van der Waals surface area contributed by atoms with Gasteiger partial charge in [-0.05, 0) is 54.7 Å². The first-order valence-electron chi connectivity index (χ1n) is 10.1. The van der Waals surface area contributed by atoms with Gasteiger partial charge in [0.1, 0.15) is 5.82 Å². The summed E-state index contributed by atoms with van der Waals surface area (Å²) in [6.45, 7) is 2.26. The van der Waals surface area contributed by atoms with E-state index in [2.05, 4.69) is 36.5 Å². The average Bonchev–Trinajstić information content (AvgIpc) is 2.75. The van der Waals surface area contributed by atoms with Crippen molar-refractivity contribution in [1.82, 2.24) is 5.32 Å². The van der Waals surface area contributed by atoms with Gasteiger partial charge in [0.15, 0.2) is 0 Å². The molecule has 148 valence electrons. The summed E-state index contributed by atoms with van der Waals surface area (Å²) in [6.07, 6.45) is 1.63. The molecular weight excluding hydrogens is 363 g/mol. The Morgan fingerprint density at radius 2 is 1.66 bits per heavy atom. The van der Waals surface area contributed by atoms with Crippen LogP contribution in [0.2, 0.25) is 0 Å². The number of halogens is 1. The van der Waals surface area contributed by atoms with Crippen molar-refractivity contribution in [2.45, 2.75) is 31.8 Å². The van der Waals surface area contributed by atoms with Gasteiger partial charge in [-0.1, -0.05) is 60.7 Å². The van der Waals surface area contributed by atoms with E-state index in [1.165, 1.54) is 6.07 Å². The van der Waals surface area contributed by atoms with E-state index < -0.39 is 0 Å². The first-order chi connectivity index (χ1) is 14.1. The zero-order valence-electron chi connectivity index (χ0n) is 16.5. The molecule has 1 aliphatic heterocycles. The highest BCUT2D eigenvalue weighted by Crippen LogP contribution is 2.31. The van der Waals surface area contributed by atoms with Crippen LogP contribution in [0.4, 0.5) is 10.1 Å². The van der Waals surface area contributed by atoms with E-state index in [1.54, 1.807) is 12.1 Å². The van der Waals surface area contributed by atoms with Crippen molar-refractivity contribution in [1.29, 1.82) is 0 Å². The van der Waals surface area contributed by atoms with Gasteiger partial charge in [-0.25, -0.2) is 4.39 Å². The normalized spacial score (nSPS) is 16.0. The molecule has 4 heteroatoms. The van der Waals surface area contributed by atoms with Gasteiger partial charge in [0.2, 0.25) is 5.91 Å². The van der Waals surface area contributed by atoms with Crippen molar-refractivity contribution in [3.8, 4) is 0 Å². The molecule has 3 aromatic rings. The lowest BCUT2D eigenvalue weighted by Gasteiger charge is -2.36. The van der Waals surface area contributed by atoms with Gasteiger partial charge in [0.05, 0.1) is 12.6 Å². The van der Waals surface area contributed by atoms with Crippen molar-refractivity contribution >= 4 is 11.6 Å². The molecule has 0 saturated carbocycles. The van der Waals surface area contributed by atoms with Crippen molar-refractivity contribution < 1.29 is 9.18 Å². The summed E-state index contributed by atoms with van der Waals surface area (Å²) in [7, 11) is 0. The highest BCUT2D eigenvalue weighted by molar-refractivity contribution is 5.96. The van der Waals surface area contributed by atoms with Crippen LogP contribution in [0, 0.1) is 5.82 Å². The van der Waals surface area contributed by atoms with Gasteiger partial charge in [-0.15, -0.1) is 0 Å². The Morgan fingerprint density at radius 3 is 2.28 bits per heavy atom. The SMILES string of the molecule is CC1CCc2cc(F)ccc2N1C(=O)CNC(c1ccccc1)c1ccccc1. The third-order valence-corrected chi connectivity index (χ3v) is 5.57. The van der Waals surface area contributed by atoms with Crippen molar-refractivity contribution in [3.05, 3.63) is 101 Å². The minimum absolute atomic E-state index is 0.00178. The van der Waals surface area contributed by atoms with Gasteiger partial charge in [0.25, 0.3) is 0 Å². The van der Waals surface area contributed by atoms with Crippen LogP contribution in [0.1, 0.15) is 36.1 Å². The Morgan fingerprint density at radius 1 is 1.03 bits per heavy atom. The van der Waals surface area contributed by atoms with E-state index in [-0.39, 0.29) is 30.4 Å². The van der Waals surface area contributed by atoms with E-state index in [0.717, 1.165) is 35.2 Å². The van der Waals surface area contributed by atoms with Crippen LogP contribution in [-0.4, -0.2) is 18.5 Å². The molecule has 0 radical (unpaired) electrons. The minimum atomic E-state index is -0.253. The first kappa shape index (κ1) is 19.3. The number of nitrogens with one attached hydrogen (secondary N) is 1. The van der Waals surface area contributed by atoms with Gasteiger partial charge in [-0.2, -0.15) is 0 Å². The van der Waals surface area contributed by atoms with Crippen molar-refractivity contribution in [2.24, 2.45) is 0 Å². The number of hydrogen-bond acceptors (Lipinski definition) is 2. The Labute approximate surface area is 171 Å². The quantitative estimate of drug-likeness (QED) is 0.676. The van der Waals surface area contributed by atoms with Gasteiger partial charge in [-0.3, -0.25) is 10.1 Å². The number of aryl methyl sites for hydroxylation is 1. The maximum Gasteiger partial charge on any atom is 0.241 e. The number of carbonyl (C=O) groups is 1. The number of nitrogens with zero attached hydrogens (tertiary/aromatic N) is 1. The summed E-state index contributed by atoms with van der Waals surface area (Å²) in [5, 5.41) is 3.45. The number of fused-ring (bicyclic) bond motifs is 1. The van der Waals surface area contributed by atoms with Crippen LogP contribution in [0.5, 0.6) is 0 Å². The van der Waals surface area contributed by atoms with E-state index in [9.17, 15) is 9.18 Å². The molecule has 0 fully saturated rings.